The van der Waals surface area contributed by atoms with Crippen molar-refractivity contribution in [1.29, 1.82) is 0 Å². The second kappa shape index (κ2) is 8.51. The molecule has 0 atom stereocenters. The van der Waals surface area contributed by atoms with Crippen LogP contribution < -0.4 is 15.7 Å². The van der Waals surface area contributed by atoms with E-state index in [9.17, 15) is 19.5 Å². The quantitative estimate of drug-likeness (QED) is 0.559. The Morgan fingerprint density at radius 3 is 2.32 bits per heavy atom. The third-order valence-electron chi connectivity index (χ3n) is 4.82. The van der Waals surface area contributed by atoms with Gasteiger partial charge in [-0.15, -0.1) is 4.73 Å². The lowest BCUT2D eigenvalue weighted by atomic mass is 9.87. The van der Waals surface area contributed by atoms with Crippen LogP contribution >= 0.6 is 0 Å². The SMILES string of the molecule is CC(C)(C)c1ccc(COn2c(=O)c(C(=O)NCC(=O)O)c(O)c3ccccc32)cc1. The number of pyridine rings is 1. The highest BCUT2D eigenvalue weighted by molar-refractivity contribution is 6.02. The topological polar surface area (TPSA) is 118 Å². The fourth-order valence-corrected chi connectivity index (χ4v) is 3.12. The van der Waals surface area contributed by atoms with Gasteiger partial charge in [0, 0.05) is 5.39 Å². The minimum Gasteiger partial charge on any atom is -0.506 e. The molecule has 31 heavy (non-hydrogen) atoms. The molecule has 1 heterocycles. The summed E-state index contributed by atoms with van der Waals surface area (Å²) in [5.41, 5.74) is 0.788. The number of carboxylic acid groups (broad SMARTS) is 1. The minimum absolute atomic E-state index is 0.00169. The highest BCUT2D eigenvalue weighted by atomic mass is 16.7. The van der Waals surface area contributed by atoms with Gasteiger partial charge in [0.2, 0.25) is 0 Å². The summed E-state index contributed by atoms with van der Waals surface area (Å²) >= 11 is 0. The van der Waals surface area contributed by atoms with Gasteiger partial charge in [-0.1, -0.05) is 57.2 Å². The summed E-state index contributed by atoms with van der Waals surface area (Å²) in [7, 11) is 0. The molecule has 0 unspecified atom stereocenters. The third-order valence-corrected chi connectivity index (χ3v) is 4.82. The number of benzene rings is 2. The van der Waals surface area contributed by atoms with E-state index < -0.39 is 35.3 Å². The Morgan fingerprint density at radius 2 is 1.71 bits per heavy atom. The molecule has 1 amide bonds. The summed E-state index contributed by atoms with van der Waals surface area (Å²) in [4.78, 5) is 41.8. The van der Waals surface area contributed by atoms with E-state index in [2.05, 4.69) is 26.1 Å². The first-order valence-electron chi connectivity index (χ1n) is 9.69. The molecule has 0 saturated heterocycles. The van der Waals surface area contributed by atoms with Gasteiger partial charge < -0.3 is 20.4 Å². The molecule has 162 valence electrons. The second-order valence-electron chi connectivity index (χ2n) is 8.14. The summed E-state index contributed by atoms with van der Waals surface area (Å²) in [6.45, 7) is 5.69. The molecule has 0 aliphatic carbocycles. The number of aromatic nitrogens is 1. The molecule has 1 aromatic heterocycles. The van der Waals surface area contributed by atoms with E-state index in [0.29, 0.717) is 0 Å². The van der Waals surface area contributed by atoms with Crippen molar-refractivity contribution >= 4 is 22.8 Å². The van der Waals surface area contributed by atoms with E-state index in [4.69, 9.17) is 9.94 Å². The van der Waals surface area contributed by atoms with Crippen LogP contribution in [0.15, 0.2) is 53.3 Å². The Kier molecular flexibility index (Phi) is 6.01. The molecule has 3 N–H and O–H groups in total. The van der Waals surface area contributed by atoms with Crippen LogP contribution in [0.1, 0.15) is 42.3 Å². The van der Waals surface area contributed by atoms with Gasteiger partial charge >= 0.3 is 5.97 Å². The Bertz CT molecular complexity index is 1190. The first kappa shape index (κ1) is 21.9. The number of fused-ring (bicyclic) bond motifs is 1. The Hall–Kier alpha value is -3.81. The monoisotopic (exact) mass is 424 g/mol. The van der Waals surface area contributed by atoms with E-state index in [1.54, 1.807) is 18.2 Å². The van der Waals surface area contributed by atoms with E-state index >= 15 is 0 Å². The summed E-state index contributed by atoms with van der Waals surface area (Å²) < 4.78 is 0.947. The summed E-state index contributed by atoms with van der Waals surface area (Å²) in [5.74, 6) is -2.80. The molecule has 0 fully saturated rings. The summed E-state index contributed by atoms with van der Waals surface area (Å²) in [6.07, 6.45) is 0. The first-order chi connectivity index (χ1) is 14.6. The highest BCUT2D eigenvalue weighted by Gasteiger charge is 2.23. The lowest BCUT2D eigenvalue weighted by Gasteiger charge is -2.19. The Balaban J connectivity index is 1.98. The van der Waals surface area contributed by atoms with Crippen molar-refractivity contribution in [2.45, 2.75) is 32.8 Å². The van der Waals surface area contributed by atoms with Crippen molar-refractivity contribution < 1.29 is 24.6 Å². The fourth-order valence-electron chi connectivity index (χ4n) is 3.12. The maximum absolute atomic E-state index is 13.0. The van der Waals surface area contributed by atoms with Crippen LogP contribution in [0.25, 0.3) is 10.9 Å². The smallest absolute Gasteiger partial charge is 0.322 e. The largest absolute Gasteiger partial charge is 0.506 e. The number of carbonyl (C=O) groups excluding carboxylic acids is 1. The first-order valence-corrected chi connectivity index (χ1v) is 9.69. The number of carbonyl (C=O) groups is 2. The van der Waals surface area contributed by atoms with Gasteiger partial charge in [0.1, 0.15) is 18.9 Å². The van der Waals surface area contributed by atoms with Crippen molar-refractivity contribution in [3.8, 4) is 5.75 Å². The number of carboxylic acids is 1. The molecule has 8 heteroatoms. The number of hydrogen-bond acceptors (Lipinski definition) is 5. The average Bonchev–Trinajstić information content (AvgIpc) is 2.72. The van der Waals surface area contributed by atoms with Crippen LogP contribution in [-0.2, 0) is 16.8 Å². The van der Waals surface area contributed by atoms with Crippen molar-refractivity contribution in [3.63, 3.8) is 0 Å². The lowest BCUT2D eigenvalue weighted by molar-refractivity contribution is -0.135. The van der Waals surface area contributed by atoms with Gasteiger partial charge in [-0.25, -0.2) is 0 Å². The predicted molar refractivity (Wildman–Crippen MR) is 115 cm³/mol. The zero-order chi connectivity index (χ0) is 22.8. The number of para-hydroxylation sites is 1. The van der Waals surface area contributed by atoms with Gasteiger partial charge in [0.25, 0.3) is 11.5 Å². The van der Waals surface area contributed by atoms with Crippen LogP contribution in [0, 0.1) is 0 Å². The molecule has 0 aliphatic rings. The van der Waals surface area contributed by atoms with E-state index in [0.717, 1.165) is 15.9 Å². The molecular weight excluding hydrogens is 400 g/mol. The molecule has 0 saturated carbocycles. The number of rotatable bonds is 6. The van der Waals surface area contributed by atoms with Crippen LogP contribution in [0.3, 0.4) is 0 Å². The van der Waals surface area contributed by atoms with Crippen molar-refractivity contribution in [2.75, 3.05) is 6.54 Å². The number of amides is 1. The number of aliphatic carboxylic acids is 1. The standard InChI is InChI=1S/C23H24N2O6/c1-23(2,3)15-10-8-14(9-11-15)13-31-25-17-7-5-4-6-16(17)20(28)19(22(25)30)21(29)24-12-18(26)27/h4-11,28H,12-13H2,1-3H3,(H,24,29)(H,26,27). The van der Waals surface area contributed by atoms with Gasteiger partial charge in [-0.3, -0.25) is 14.4 Å². The van der Waals surface area contributed by atoms with Crippen LogP contribution in [-0.4, -0.2) is 33.4 Å². The Labute approximate surface area is 178 Å². The highest BCUT2D eigenvalue weighted by Crippen LogP contribution is 2.26. The number of aromatic hydroxyl groups is 1. The van der Waals surface area contributed by atoms with Crippen LogP contribution in [0.4, 0.5) is 0 Å². The van der Waals surface area contributed by atoms with Crippen molar-refractivity contribution in [3.05, 3.63) is 75.6 Å². The minimum atomic E-state index is -1.27. The molecule has 3 aromatic rings. The molecule has 2 aromatic carbocycles. The van der Waals surface area contributed by atoms with Gasteiger partial charge in [-0.05, 0) is 28.7 Å². The molecule has 0 radical (unpaired) electrons. The van der Waals surface area contributed by atoms with Gasteiger partial charge in [-0.2, -0.15) is 0 Å². The van der Waals surface area contributed by atoms with Gasteiger partial charge in [0.05, 0.1) is 5.52 Å². The number of hydrogen-bond donors (Lipinski definition) is 3. The molecular formula is C23H24N2O6. The zero-order valence-corrected chi connectivity index (χ0v) is 17.5. The Morgan fingerprint density at radius 1 is 1.06 bits per heavy atom. The van der Waals surface area contributed by atoms with Crippen molar-refractivity contribution in [2.24, 2.45) is 0 Å². The average molecular weight is 424 g/mol. The number of nitrogens with zero attached hydrogens (tertiary/aromatic N) is 1. The lowest BCUT2D eigenvalue weighted by Crippen LogP contribution is -2.37. The summed E-state index contributed by atoms with van der Waals surface area (Å²) in [5, 5.41) is 21.6. The summed E-state index contributed by atoms with van der Waals surface area (Å²) in [6, 6.07) is 14.2. The van der Waals surface area contributed by atoms with Gasteiger partial charge in [0.15, 0.2) is 5.56 Å². The maximum atomic E-state index is 13.0. The van der Waals surface area contributed by atoms with E-state index in [-0.39, 0.29) is 22.9 Å². The normalized spacial score (nSPS) is 11.3. The molecule has 3 rings (SSSR count). The fraction of sp³-hybridized carbons (Fsp3) is 0.261. The maximum Gasteiger partial charge on any atom is 0.322 e. The molecule has 0 bridgehead atoms. The van der Waals surface area contributed by atoms with E-state index in [1.165, 1.54) is 6.07 Å². The van der Waals surface area contributed by atoms with Crippen LogP contribution in [0.5, 0.6) is 5.75 Å². The third kappa shape index (κ3) is 4.69. The van der Waals surface area contributed by atoms with Crippen molar-refractivity contribution in [1.82, 2.24) is 10.0 Å². The molecule has 8 nitrogen and oxygen atoms in total. The second-order valence-corrected chi connectivity index (χ2v) is 8.14. The van der Waals surface area contributed by atoms with Crippen LogP contribution in [0.2, 0.25) is 0 Å². The number of nitrogens with one attached hydrogen (secondary N) is 1. The molecule has 0 aliphatic heterocycles. The zero-order valence-electron chi connectivity index (χ0n) is 17.5. The predicted octanol–water partition coefficient (Wildman–Crippen LogP) is 2.45. The molecule has 0 spiro atoms. The van der Waals surface area contributed by atoms with E-state index in [1.807, 2.05) is 24.3 Å².